The molecule has 2 aromatic heterocycles. The Morgan fingerprint density at radius 1 is 1.55 bits per heavy atom. The van der Waals surface area contributed by atoms with Crippen LogP contribution in [0.2, 0.25) is 0 Å². The minimum Gasteiger partial charge on any atom is -0.455 e. The Balaban J connectivity index is 1.63. The number of nitrogens with one attached hydrogen (secondary N) is 1. The average Bonchev–Trinajstić information content (AvgIpc) is 3.14. The number of thioether (sulfide) groups is 1. The van der Waals surface area contributed by atoms with E-state index in [0.717, 1.165) is 30.6 Å². The highest BCUT2D eigenvalue weighted by Crippen LogP contribution is 2.22. The van der Waals surface area contributed by atoms with Crippen LogP contribution in [0.4, 0.5) is 0 Å². The average molecular weight is 320 g/mol. The zero-order valence-electron chi connectivity index (χ0n) is 12.8. The Morgan fingerprint density at radius 2 is 2.41 bits per heavy atom. The van der Waals surface area contributed by atoms with Gasteiger partial charge in [0.2, 0.25) is 0 Å². The fraction of sp³-hybridized carbons (Fsp3) is 0.467. The van der Waals surface area contributed by atoms with Gasteiger partial charge in [0.25, 0.3) is 5.91 Å². The molecule has 1 amide bonds. The van der Waals surface area contributed by atoms with Crippen LogP contribution in [0.25, 0.3) is 0 Å². The van der Waals surface area contributed by atoms with Crippen molar-refractivity contribution in [2.24, 2.45) is 7.05 Å². The van der Waals surface area contributed by atoms with Crippen molar-refractivity contribution in [2.45, 2.75) is 23.9 Å². The van der Waals surface area contributed by atoms with Crippen molar-refractivity contribution in [1.82, 2.24) is 19.8 Å². The first-order valence-electron chi connectivity index (χ1n) is 7.35. The van der Waals surface area contributed by atoms with E-state index in [0.29, 0.717) is 11.5 Å². The largest absolute Gasteiger partial charge is 0.455 e. The Kier molecular flexibility index (Phi) is 4.54. The SMILES string of the molecule is CC1CNCCN1C(=O)c1ccc(CSc2nccn2C)o1. The fourth-order valence-electron chi connectivity index (χ4n) is 2.48. The van der Waals surface area contributed by atoms with Gasteiger partial charge in [0, 0.05) is 45.1 Å². The molecule has 0 spiro atoms. The van der Waals surface area contributed by atoms with Crippen LogP contribution in [-0.4, -0.2) is 46.0 Å². The molecule has 3 heterocycles. The third-order valence-electron chi connectivity index (χ3n) is 3.76. The van der Waals surface area contributed by atoms with E-state index in [1.807, 2.05) is 35.7 Å². The molecule has 1 saturated heterocycles. The van der Waals surface area contributed by atoms with E-state index in [4.69, 9.17) is 4.42 Å². The summed E-state index contributed by atoms with van der Waals surface area (Å²) in [5, 5.41) is 4.21. The van der Waals surface area contributed by atoms with Gasteiger partial charge in [-0.05, 0) is 19.1 Å². The molecule has 1 aliphatic rings. The van der Waals surface area contributed by atoms with Crippen LogP contribution in [0, 0.1) is 0 Å². The monoisotopic (exact) mass is 320 g/mol. The summed E-state index contributed by atoms with van der Waals surface area (Å²) in [4.78, 5) is 18.6. The lowest BCUT2D eigenvalue weighted by Gasteiger charge is -2.33. The first-order chi connectivity index (χ1) is 10.6. The summed E-state index contributed by atoms with van der Waals surface area (Å²) in [5.74, 6) is 1.85. The van der Waals surface area contributed by atoms with Gasteiger partial charge in [0.05, 0.1) is 5.75 Å². The third-order valence-corrected chi connectivity index (χ3v) is 4.84. The summed E-state index contributed by atoms with van der Waals surface area (Å²) < 4.78 is 7.68. The summed E-state index contributed by atoms with van der Waals surface area (Å²) in [6.45, 7) is 4.43. The van der Waals surface area contributed by atoms with E-state index in [9.17, 15) is 4.79 Å². The van der Waals surface area contributed by atoms with Gasteiger partial charge < -0.3 is 19.2 Å². The van der Waals surface area contributed by atoms with Crippen molar-refractivity contribution in [2.75, 3.05) is 19.6 Å². The Labute approximate surface area is 133 Å². The molecule has 6 nitrogen and oxygen atoms in total. The van der Waals surface area contributed by atoms with E-state index >= 15 is 0 Å². The third kappa shape index (κ3) is 3.20. The Morgan fingerprint density at radius 3 is 3.14 bits per heavy atom. The highest BCUT2D eigenvalue weighted by atomic mass is 32.2. The molecule has 1 N–H and O–H groups in total. The van der Waals surface area contributed by atoms with Crippen molar-refractivity contribution in [3.8, 4) is 0 Å². The number of amides is 1. The summed E-state index contributed by atoms with van der Waals surface area (Å²) in [7, 11) is 1.96. The first kappa shape index (κ1) is 15.2. The molecule has 118 valence electrons. The standard InChI is InChI=1S/C15H20N4O2S/c1-11-9-16-5-8-19(11)14(20)13-4-3-12(21-13)10-22-15-17-6-7-18(15)2/h3-4,6-7,11,16H,5,8-10H2,1-2H3. The van der Waals surface area contributed by atoms with Crippen LogP contribution >= 0.6 is 11.8 Å². The Hall–Kier alpha value is -1.73. The molecule has 0 bridgehead atoms. The lowest BCUT2D eigenvalue weighted by molar-refractivity contribution is 0.0621. The summed E-state index contributed by atoms with van der Waals surface area (Å²) in [6.07, 6.45) is 3.68. The number of carbonyl (C=O) groups is 1. The number of imidazole rings is 1. The summed E-state index contributed by atoms with van der Waals surface area (Å²) in [5.41, 5.74) is 0. The van der Waals surface area contributed by atoms with E-state index in [-0.39, 0.29) is 11.9 Å². The molecule has 1 fully saturated rings. The van der Waals surface area contributed by atoms with Crippen LogP contribution in [0.3, 0.4) is 0 Å². The zero-order valence-corrected chi connectivity index (χ0v) is 13.6. The second-order valence-corrected chi connectivity index (χ2v) is 6.37. The highest BCUT2D eigenvalue weighted by molar-refractivity contribution is 7.98. The van der Waals surface area contributed by atoms with Crippen molar-refractivity contribution >= 4 is 17.7 Å². The van der Waals surface area contributed by atoms with Crippen LogP contribution in [0.15, 0.2) is 34.1 Å². The molecule has 1 unspecified atom stereocenters. The van der Waals surface area contributed by atoms with E-state index in [1.165, 1.54) is 0 Å². The van der Waals surface area contributed by atoms with E-state index in [2.05, 4.69) is 10.3 Å². The Bertz CT molecular complexity index is 652. The maximum Gasteiger partial charge on any atom is 0.289 e. The molecule has 0 radical (unpaired) electrons. The van der Waals surface area contributed by atoms with Gasteiger partial charge in [-0.1, -0.05) is 11.8 Å². The lowest BCUT2D eigenvalue weighted by Crippen LogP contribution is -2.52. The van der Waals surface area contributed by atoms with Crippen molar-refractivity contribution < 1.29 is 9.21 Å². The van der Waals surface area contributed by atoms with Crippen LogP contribution < -0.4 is 5.32 Å². The number of furan rings is 1. The minimum absolute atomic E-state index is 0.0257. The van der Waals surface area contributed by atoms with Crippen LogP contribution in [0.5, 0.6) is 0 Å². The molecule has 0 aromatic carbocycles. The normalized spacial score (nSPS) is 18.6. The predicted octanol–water partition coefficient (Wildman–Crippen LogP) is 1.74. The van der Waals surface area contributed by atoms with E-state index in [1.54, 1.807) is 24.0 Å². The molecule has 1 aliphatic heterocycles. The highest BCUT2D eigenvalue weighted by Gasteiger charge is 2.26. The molecule has 3 rings (SSSR count). The number of rotatable bonds is 4. The lowest BCUT2D eigenvalue weighted by atomic mass is 10.2. The second-order valence-electron chi connectivity index (χ2n) is 5.43. The number of carbonyl (C=O) groups excluding carboxylic acids is 1. The summed E-state index contributed by atoms with van der Waals surface area (Å²) >= 11 is 1.59. The fourth-order valence-corrected chi connectivity index (χ4v) is 3.31. The van der Waals surface area contributed by atoms with Gasteiger partial charge in [-0.25, -0.2) is 4.98 Å². The topological polar surface area (TPSA) is 63.3 Å². The van der Waals surface area contributed by atoms with E-state index < -0.39 is 0 Å². The smallest absolute Gasteiger partial charge is 0.289 e. The number of aromatic nitrogens is 2. The molecule has 22 heavy (non-hydrogen) atoms. The molecular formula is C15H20N4O2S. The molecule has 7 heteroatoms. The zero-order chi connectivity index (χ0) is 15.5. The van der Waals surface area contributed by atoms with Gasteiger partial charge in [-0.15, -0.1) is 0 Å². The molecule has 0 saturated carbocycles. The summed E-state index contributed by atoms with van der Waals surface area (Å²) in [6, 6.07) is 3.83. The molecule has 0 aliphatic carbocycles. The number of piperazine rings is 1. The van der Waals surface area contributed by atoms with Gasteiger partial charge in [0.15, 0.2) is 10.9 Å². The first-order valence-corrected chi connectivity index (χ1v) is 8.34. The van der Waals surface area contributed by atoms with Gasteiger partial charge >= 0.3 is 0 Å². The number of hydrogen-bond donors (Lipinski definition) is 1. The predicted molar refractivity (Wildman–Crippen MR) is 84.8 cm³/mol. The molecule has 2 aromatic rings. The van der Waals surface area contributed by atoms with Crippen molar-refractivity contribution in [3.63, 3.8) is 0 Å². The van der Waals surface area contributed by atoms with Crippen molar-refractivity contribution in [3.05, 3.63) is 36.0 Å². The number of nitrogens with zero attached hydrogens (tertiary/aromatic N) is 3. The van der Waals surface area contributed by atoms with Gasteiger partial charge in [0.1, 0.15) is 5.76 Å². The maximum atomic E-state index is 12.5. The van der Waals surface area contributed by atoms with Gasteiger partial charge in [-0.2, -0.15) is 0 Å². The van der Waals surface area contributed by atoms with Crippen LogP contribution in [-0.2, 0) is 12.8 Å². The van der Waals surface area contributed by atoms with Crippen molar-refractivity contribution in [1.29, 1.82) is 0 Å². The number of aryl methyl sites for hydroxylation is 1. The van der Waals surface area contributed by atoms with Gasteiger partial charge in [-0.3, -0.25) is 4.79 Å². The second kappa shape index (κ2) is 6.58. The number of hydrogen-bond acceptors (Lipinski definition) is 5. The van der Waals surface area contributed by atoms with Crippen LogP contribution in [0.1, 0.15) is 23.2 Å². The quantitative estimate of drug-likeness (QED) is 0.870. The molecule has 1 atom stereocenters. The maximum absolute atomic E-state index is 12.5. The minimum atomic E-state index is -0.0257. The molecular weight excluding hydrogens is 300 g/mol.